The van der Waals surface area contributed by atoms with Crippen molar-refractivity contribution in [1.82, 2.24) is 10.1 Å². The Labute approximate surface area is 69.0 Å². The average molecular weight is 170 g/mol. The summed E-state index contributed by atoms with van der Waals surface area (Å²) in [6.45, 7) is 0.768. The van der Waals surface area contributed by atoms with E-state index in [1.165, 1.54) is 0 Å². The highest BCUT2D eigenvalue weighted by molar-refractivity contribution is 5.15. The van der Waals surface area contributed by atoms with Crippen LogP contribution in [0.2, 0.25) is 0 Å². The molecule has 1 aliphatic heterocycles. The molecule has 1 unspecified atom stereocenters. The van der Waals surface area contributed by atoms with Crippen LogP contribution in [0.3, 0.4) is 0 Å². The maximum absolute atomic E-state index is 5.34. The number of nitrogens with one attached hydrogen (secondary N) is 1. The molecule has 0 saturated carbocycles. The van der Waals surface area contributed by atoms with Crippen LogP contribution < -0.4 is 11.3 Å². The first-order valence-electron chi connectivity index (χ1n) is 3.82. The number of hydrazine groups is 1. The van der Waals surface area contributed by atoms with Gasteiger partial charge in [-0.15, -0.1) is 0 Å². The van der Waals surface area contributed by atoms with Crippen LogP contribution in [0, 0.1) is 0 Å². The number of anilines is 1. The van der Waals surface area contributed by atoms with Gasteiger partial charge in [0.1, 0.15) is 6.10 Å². The van der Waals surface area contributed by atoms with Gasteiger partial charge < -0.3 is 9.26 Å². The second-order valence-corrected chi connectivity index (χ2v) is 2.60. The Morgan fingerprint density at radius 3 is 3.08 bits per heavy atom. The summed E-state index contributed by atoms with van der Waals surface area (Å²) in [5.41, 5.74) is 2.27. The summed E-state index contributed by atoms with van der Waals surface area (Å²) in [6.07, 6.45) is 1.98. The number of hydrogen-bond acceptors (Lipinski definition) is 6. The molecule has 6 nitrogen and oxygen atoms in total. The van der Waals surface area contributed by atoms with E-state index in [4.69, 9.17) is 15.1 Å². The lowest BCUT2D eigenvalue weighted by Crippen LogP contribution is -2.07. The smallest absolute Gasteiger partial charge is 0.335 e. The molecule has 0 spiro atoms. The van der Waals surface area contributed by atoms with Crippen LogP contribution in [0.4, 0.5) is 6.01 Å². The number of ether oxygens (including phenoxy) is 1. The van der Waals surface area contributed by atoms with E-state index < -0.39 is 0 Å². The number of aromatic nitrogens is 2. The van der Waals surface area contributed by atoms with E-state index in [9.17, 15) is 0 Å². The standard InChI is InChI=1S/C6H10N4O2/c7-9-6-8-5(10-12-6)4-2-1-3-11-4/h4H,1-3,7H2,(H,8,9,10). The zero-order valence-electron chi connectivity index (χ0n) is 6.49. The van der Waals surface area contributed by atoms with E-state index >= 15 is 0 Å². The lowest BCUT2D eigenvalue weighted by molar-refractivity contribution is 0.103. The zero-order valence-corrected chi connectivity index (χ0v) is 6.49. The van der Waals surface area contributed by atoms with Crippen molar-refractivity contribution in [2.24, 2.45) is 5.84 Å². The summed E-state index contributed by atoms with van der Waals surface area (Å²) in [6, 6.07) is 0.223. The molecule has 1 aromatic heterocycles. The molecule has 2 rings (SSSR count). The first-order chi connectivity index (χ1) is 5.90. The van der Waals surface area contributed by atoms with Crippen molar-refractivity contribution < 1.29 is 9.26 Å². The molecule has 66 valence electrons. The van der Waals surface area contributed by atoms with Crippen LogP contribution >= 0.6 is 0 Å². The molecule has 1 saturated heterocycles. The molecule has 0 amide bonds. The summed E-state index contributed by atoms with van der Waals surface area (Å²) < 4.78 is 10.1. The van der Waals surface area contributed by atoms with Crippen molar-refractivity contribution in [3.63, 3.8) is 0 Å². The van der Waals surface area contributed by atoms with Crippen molar-refractivity contribution in [2.45, 2.75) is 18.9 Å². The Bertz CT molecular complexity index is 256. The lowest BCUT2D eigenvalue weighted by Gasteiger charge is -2.00. The Kier molecular flexibility index (Phi) is 1.92. The average Bonchev–Trinajstić information content (AvgIpc) is 2.75. The Morgan fingerprint density at radius 1 is 1.58 bits per heavy atom. The number of nitrogens with two attached hydrogens (primary N) is 1. The maximum atomic E-state index is 5.34. The summed E-state index contributed by atoms with van der Waals surface area (Å²) in [7, 11) is 0. The topological polar surface area (TPSA) is 86.2 Å². The molecule has 1 aliphatic rings. The molecule has 12 heavy (non-hydrogen) atoms. The largest absolute Gasteiger partial charge is 0.370 e. The summed E-state index contributed by atoms with van der Waals surface area (Å²) in [4.78, 5) is 3.97. The summed E-state index contributed by atoms with van der Waals surface area (Å²) in [5.74, 6) is 5.64. The maximum Gasteiger partial charge on any atom is 0.335 e. The molecule has 0 aliphatic carbocycles. The number of hydrogen-bond donors (Lipinski definition) is 2. The van der Waals surface area contributed by atoms with Crippen LogP contribution in [0.5, 0.6) is 0 Å². The first-order valence-corrected chi connectivity index (χ1v) is 3.82. The zero-order chi connectivity index (χ0) is 8.39. The monoisotopic (exact) mass is 170 g/mol. The fourth-order valence-electron chi connectivity index (χ4n) is 1.21. The highest BCUT2D eigenvalue weighted by Crippen LogP contribution is 2.26. The fourth-order valence-corrected chi connectivity index (χ4v) is 1.21. The molecule has 0 bridgehead atoms. The van der Waals surface area contributed by atoms with Gasteiger partial charge in [0.05, 0.1) is 0 Å². The van der Waals surface area contributed by atoms with Gasteiger partial charge in [0, 0.05) is 6.61 Å². The van der Waals surface area contributed by atoms with Crippen molar-refractivity contribution in [2.75, 3.05) is 12.0 Å². The lowest BCUT2D eigenvalue weighted by atomic mass is 10.2. The third-order valence-corrected chi connectivity index (χ3v) is 1.78. The van der Waals surface area contributed by atoms with E-state index in [2.05, 4.69) is 15.6 Å². The van der Waals surface area contributed by atoms with Gasteiger partial charge in [0.2, 0.25) is 5.82 Å². The predicted molar refractivity (Wildman–Crippen MR) is 40.0 cm³/mol. The molecule has 2 heterocycles. The number of nitrogens with zero attached hydrogens (tertiary/aromatic N) is 2. The van der Waals surface area contributed by atoms with Crippen LogP contribution in [0.15, 0.2) is 4.52 Å². The van der Waals surface area contributed by atoms with E-state index in [1.807, 2.05) is 0 Å². The SMILES string of the molecule is NNc1nc(C2CCCO2)no1. The third kappa shape index (κ3) is 1.26. The number of rotatable bonds is 2. The highest BCUT2D eigenvalue weighted by Gasteiger charge is 2.22. The van der Waals surface area contributed by atoms with Crippen molar-refractivity contribution in [3.8, 4) is 0 Å². The molecule has 0 aromatic carbocycles. The minimum atomic E-state index is -0.0177. The van der Waals surface area contributed by atoms with Gasteiger partial charge in [-0.25, -0.2) is 5.84 Å². The van der Waals surface area contributed by atoms with Crippen LogP contribution in [-0.4, -0.2) is 16.7 Å². The normalized spacial score (nSPS) is 22.9. The minimum absolute atomic E-state index is 0.0177. The second-order valence-electron chi connectivity index (χ2n) is 2.60. The molecular formula is C6H10N4O2. The molecule has 6 heteroatoms. The number of nitrogen functional groups attached to an aromatic ring is 1. The third-order valence-electron chi connectivity index (χ3n) is 1.78. The van der Waals surface area contributed by atoms with E-state index in [-0.39, 0.29) is 12.1 Å². The van der Waals surface area contributed by atoms with Crippen LogP contribution in [-0.2, 0) is 4.74 Å². The van der Waals surface area contributed by atoms with Crippen molar-refractivity contribution in [1.29, 1.82) is 0 Å². The van der Waals surface area contributed by atoms with Crippen molar-refractivity contribution >= 4 is 6.01 Å². The molecule has 3 N–H and O–H groups in total. The molecule has 1 aromatic rings. The Balaban J connectivity index is 2.11. The van der Waals surface area contributed by atoms with Crippen molar-refractivity contribution in [3.05, 3.63) is 5.82 Å². The molecule has 1 atom stereocenters. The van der Waals surface area contributed by atoms with Crippen LogP contribution in [0.25, 0.3) is 0 Å². The molecule has 1 fully saturated rings. The van der Waals surface area contributed by atoms with E-state index in [1.54, 1.807) is 0 Å². The molecule has 0 radical (unpaired) electrons. The van der Waals surface area contributed by atoms with Gasteiger partial charge in [-0.2, -0.15) is 4.98 Å². The highest BCUT2D eigenvalue weighted by atomic mass is 16.5. The second kappa shape index (κ2) is 3.08. The van der Waals surface area contributed by atoms with Gasteiger partial charge in [0.15, 0.2) is 0 Å². The van der Waals surface area contributed by atoms with Gasteiger partial charge >= 0.3 is 6.01 Å². The fraction of sp³-hybridized carbons (Fsp3) is 0.667. The minimum Gasteiger partial charge on any atom is -0.370 e. The Morgan fingerprint density at radius 2 is 2.50 bits per heavy atom. The van der Waals surface area contributed by atoms with E-state index in [0.29, 0.717) is 5.82 Å². The van der Waals surface area contributed by atoms with Crippen LogP contribution in [0.1, 0.15) is 24.8 Å². The van der Waals surface area contributed by atoms with Gasteiger partial charge in [-0.1, -0.05) is 5.16 Å². The molecular weight excluding hydrogens is 160 g/mol. The Hall–Kier alpha value is -1.14. The van der Waals surface area contributed by atoms with Gasteiger partial charge in [-0.3, -0.25) is 5.43 Å². The summed E-state index contributed by atoms with van der Waals surface area (Å²) in [5, 5.41) is 3.72. The van der Waals surface area contributed by atoms with Gasteiger partial charge in [0.25, 0.3) is 0 Å². The first kappa shape index (κ1) is 7.51. The van der Waals surface area contributed by atoms with Gasteiger partial charge in [-0.05, 0) is 12.8 Å². The summed E-state index contributed by atoms with van der Waals surface area (Å²) >= 11 is 0. The van der Waals surface area contributed by atoms with E-state index in [0.717, 1.165) is 19.4 Å². The quantitative estimate of drug-likeness (QED) is 0.487. The predicted octanol–water partition coefficient (Wildman–Crippen LogP) is 0.207.